The van der Waals surface area contributed by atoms with E-state index in [9.17, 15) is 0 Å². The predicted molar refractivity (Wildman–Crippen MR) is 68.9 cm³/mol. The molecular weight excluding hydrogens is 198 g/mol. The van der Waals surface area contributed by atoms with Gasteiger partial charge in [-0.1, -0.05) is 20.8 Å². The molecule has 0 aliphatic heterocycles. The van der Waals surface area contributed by atoms with Crippen molar-refractivity contribution in [3.05, 3.63) is 17.5 Å². The van der Waals surface area contributed by atoms with Crippen molar-refractivity contribution in [2.45, 2.75) is 53.0 Å². The lowest BCUT2D eigenvalue weighted by Gasteiger charge is -2.15. The highest BCUT2D eigenvalue weighted by molar-refractivity contribution is 5.11. The first-order valence-electron chi connectivity index (χ1n) is 6.50. The van der Waals surface area contributed by atoms with Crippen LogP contribution in [0.3, 0.4) is 0 Å². The first-order chi connectivity index (χ1) is 7.72. The zero-order valence-electron chi connectivity index (χ0n) is 11.1. The van der Waals surface area contributed by atoms with Crippen molar-refractivity contribution in [3.8, 4) is 0 Å². The maximum absolute atomic E-state index is 4.67. The molecule has 1 aromatic heterocycles. The molecular formula is C13H25N3. The lowest BCUT2D eigenvalue weighted by atomic mass is 10.2. The number of nitrogens with zero attached hydrogens (tertiary/aromatic N) is 2. The van der Waals surface area contributed by atoms with Crippen LogP contribution in [0.15, 0.2) is 6.07 Å². The summed E-state index contributed by atoms with van der Waals surface area (Å²) in [4.78, 5) is 0. The van der Waals surface area contributed by atoms with Crippen molar-refractivity contribution in [1.82, 2.24) is 15.1 Å². The fraction of sp³-hybridized carbons (Fsp3) is 0.769. The van der Waals surface area contributed by atoms with Gasteiger partial charge in [0.05, 0.1) is 11.7 Å². The number of aromatic nitrogens is 2. The molecule has 1 heterocycles. The average Bonchev–Trinajstić information content (AvgIpc) is 2.72. The minimum absolute atomic E-state index is 0.495. The molecule has 1 rings (SSSR count). The molecule has 1 N–H and O–H groups in total. The zero-order valence-corrected chi connectivity index (χ0v) is 11.1. The standard InChI is InChI=1S/C13H25N3/c1-5-12-10-13(6-2)16(15-12)11(4)8-9-14-7-3/h10-11,14H,5-9H2,1-4H3. The fourth-order valence-corrected chi connectivity index (χ4v) is 1.92. The Morgan fingerprint density at radius 2 is 2.06 bits per heavy atom. The molecule has 0 aromatic carbocycles. The lowest BCUT2D eigenvalue weighted by Crippen LogP contribution is -2.19. The van der Waals surface area contributed by atoms with Crippen LogP contribution >= 0.6 is 0 Å². The summed E-state index contributed by atoms with van der Waals surface area (Å²) in [5.74, 6) is 0. The molecule has 0 radical (unpaired) electrons. The van der Waals surface area contributed by atoms with Gasteiger partial charge < -0.3 is 5.32 Å². The van der Waals surface area contributed by atoms with Gasteiger partial charge in [0.2, 0.25) is 0 Å². The van der Waals surface area contributed by atoms with Crippen LogP contribution in [0.2, 0.25) is 0 Å². The van der Waals surface area contributed by atoms with E-state index in [0.717, 1.165) is 32.4 Å². The third kappa shape index (κ3) is 3.34. The molecule has 0 saturated carbocycles. The van der Waals surface area contributed by atoms with E-state index >= 15 is 0 Å². The van der Waals surface area contributed by atoms with E-state index in [1.807, 2.05) is 0 Å². The predicted octanol–water partition coefficient (Wildman–Crippen LogP) is 2.57. The van der Waals surface area contributed by atoms with E-state index in [-0.39, 0.29) is 0 Å². The minimum Gasteiger partial charge on any atom is -0.317 e. The number of nitrogens with one attached hydrogen (secondary N) is 1. The van der Waals surface area contributed by atoms with Crippen molar-refractivity contribution in [3.63, 3.8) is 0 Å². The Morgan fingerprint density at radius 1 is 1.31 bits per heavy atom. The van der Waals surface area contributed by atoms with Crippen molar-refractivity contribution < 1.29 is 0 Å². The number of hydrogen-bond donors (Lipinski definition) is 1. The third-order valence-electron chi connectivity index (χ3n) is 2.99. The van der Waals surface area contributed by atoms with Gasteiger partial charge in [0.1, 0.15) is 0 Å². The number of rotatable bonds is 7. The second-order valence-electron chi connectivity index (χ2n) is 4.27. The van der Waals surface area contributed by atoms with Gasteiger partial charge in [-0.2, -0.15) is 5.10 Å². The van der Waals surface area contributed by atoms with E-state index in [1.54, 1.807) is 0 Å². The SMILES string of the molecule is CCNCCC(C)n1nc(CC)cc1CC. The van der Waals surface area contributed by atoms with Gasteiger partial charge in [0.25, 0.3) is 0 Å². The van der Waals surface area contributed by atoms with E-state index in [4.69, 9.17) is 0 Å². The van der Waals surface area contributed by atoms with Crippen LogP contribution < -0.4 is 5.32 Å². The number of hydrogen-bond acceptors (Lipinski definition) is 2. The topological polar surface area (TPSA) is 29.9 Å². The average molecular weight is 223 g/mol. The van der Waals surface area contributed by atoms with Gasteiger partial charge in [0.15, 0.2) is 0 Å². The first-order valence-corrected chi connectivity index (χ1v) is 6.50. The molecule has 0 spiro atoms. The van der Waals surface area contributed by atoms with Gasteiger partial charge in [-0.25, -0.2) is 0 Å². The monoisotopic (exact) mass is 223 g/mol. The van der Waals surface area contributed by atoms with Crippen molar-refractivity contribution in [2.24, 2.45) is 0 Å². The molecule has 3 heteroatoms. The summed E-state index contributed by atoms with van der Waals surface area (Å²) in [6, 6.07) is 2.73. The van der Waals surface area contributed by atoms with Crippen LogP contribution in [0.4, 0.5) is 0 Å². The normalized spacial score (nSPS) is 13.0. The minimum atomic E-state index is 0.495. The van der Waals surface area contributed by atoms with Crippen LogP contribution in [0, 0.1) is 0 Å². The molecule has 0 fully saturated rings. The summed E-state index contributed by atoms with van der Waals surface area (Å²) in [6.45, 7) is 10.9. The maximum atomic E-state index is 4.67. The number of aryl methyl sites for hydroxylation is 2. The van der Waals surface area contributed by atoms with E-state index in [0.29, 0.717) is 6.04 Å². The molecule has 1 aromatic rings. The summed E-state index contributed by atoms with van der Waals surface area (Å²) in [7, 11) is 0. The Kier molecular flexibility index (Phi) is 5.53. The fourth-order valence-electron chi connectivity index (χ4n) is 1.92. The van der Waals surface area contributed by atoms with Gasteiger partial charge >= 0.3 is 0 Å². The van der Waals surface area contributed by atoms with Crippen LogP contribution in [0.1, 0.15) is 51.5 Å². The highest BCUT2D eigenvalue weighted by Crippen LogP contribution is 2.15. The Morgan fingerprint density at radius 3 is 2.62 bits per heavy atom. The second kappa shape index (κ2) is 6.69. The maximum Gasteiger partial charge on any atom is 0.0624 e. The Hall–Kier alpha value is -0.830. The van der Waals surface area contributed by atoms with Crippen molar-refractivity contribution in [1.29, 1.82) is 0 Å². The van der Waals surface area contributed by atoms with E-state index < -0.39 is 0 Å². The van der Waals surface area contributed by atoms with Gasteiger partial charge in [-0.15, -0.1) is 0 Å². The highest BCUT2D eigenvalue weighted by atomic mass is 15.3. The Balaban J connectivity index is 2.65. The second-order valence-corrected chi connectivity index (χ2v) is 4.27. The largest absolute Gasteiger partial charge is 0.317 e. The van der Waals surface area contributed by atoms with Crippen LogP contribution in [-0.2, 0) is 12.8 Å². The van der Waals surface area contributed by atoms with Crippen LogP contribution in [0.5, 0.6) is 0 Å². The third-order valence-corrected chi connectivity index (χ3v) is 2.99. The molecule has 0 bridgehead atoms. The van der Waals surface area contributed by atoms with Crippen LogP contribution in [0.25, 0.3) is 0 Å². The molecule has 0 amide bonds. The summed E-state index contributed by atoms with van der Waals surface area (Å²) < 4.78 is 2.20. The Labute approximate surface area is 99.2 Å². The van der Waals surface area contributed by atoms with Gasteiger partial charge in [-0.05, 0) is 45.3 Å². The quantitative estimate of drug-likeness (QED) is 0.720. The van der Waals surface area contributed by atoms with E-state index in [1.165, 1.54) is 11.4 Å². The molecule has 0 aliphatic carbocycles. The van der Waals surface area contributed by atoms with E-state index in [2.05, 4.69) is 48.9 Å². The molecule has 0 saturated heterocycles. The Bertz CT molecular complexity index is 304. The smallest absolute Gasteiger partial charge is 0.0624 e. The van der Waals surface area contributed by atoms with Crippen molar-refractivity contribution >= 4 is 0 Å². The lowest BCUT2D eigenvalue weighted by molar-refractivity contribution is 0.432. The summed E-state index contributed by atoms with van der Waals surface area (Å²) in [6.07, 6.45) is 3.24. The highest BCUT2D eigenvalue weighted by Gasteiger charge is 2.11. The molecule has 92 valence electrons. The summed E-state index contributed by atoms with van der Waals surface area (Å²) in [5, 5.41) is 8.03. The van der Waals surface area contributed by atoms with Gasteiger partial charge in [0, 0.05) is 5.69 Å². The van der Waals surface area contributed by atoms with Crippen LogP contribution in [-0.4, -0.2) is 22.9 Å². The molecule has 16 heavy (non-hydrogen) atoms. The molecule has 1 unspecified atom stereocenters. The summed E-state index contributed by atoms with van der Waals surface area (Å²) in [5.41, 5.74) is 2.58. The van der Waals surface area contributed by atoms with Crippen molar-refractivity contribution in [2.75, 3.05) is 13.1 Å². The van der Waals surface area contributed by atoms with Gasteiger partial charge in [-0.3, -0.25) is 4.68 Å². The molecule has 1 atom stereocenters. The molecule has 0 aliphatic rings. The summed E-state index contributed by atoms with van der Waals surface area (Å²) >= 11 is 0. The molecule has 3 nitrogen and oxygen atoms in total. The first kappa shape index (κ1) is 13.2. The zero-order chi connectivity index (χ0) is 12.0.